The van der Waals surface area contributed by atoms with Gasteiger partial charge in [0, 0.05) is 11.1 Å². The van der Waals surface area contributed by atoms with Crippen LogP contribution in [0.2, 0.25) is 5.02 Å². The Balaban J connectivity index is 3.21. The van der Waals surface area contributed by atoms with E-state index in [-0.39, 0.29) is 0 Å². The number of hydrogen-bond acceptors (Lipinski definition) is 1. The lowest BCUT2D eigenvalue weighted by Crippen LogP contribution is -1.87. The Bertz CT molecular complexity index is 273. The maximum atomic E-state index is 5.88. The van der Waals surface area contributed by atoms with Gasteiger partial charge in [-0.15, -0.1) is 0 Å². The molecule has 0 aliphatic rings. The highest BCUT2D eigenvalue weighted by atomic mass is 127. The average molecular weight is 283 g/mol. The molecule has 0 heterocycles. The molecule has 0 aromatic heterocycles. The third-order valence-electron chi connectivity index (χ3n) is 1.43. The summed E-state index contributed by atoms with van der Waals surface area (Å²) in [7, 11) is 1.64. The van der Waals surface area contributed by atoms with E-state index in [1.807, 2.05) is 19.1 Å². The van der Waals surface area contributed by atoms with Crippen molar-refractivity contribution in [1.29, 1.82) is 0 Å². The highest BCUT2D eigenvalue weighted by Gasteiger charge is 2.02. The van der Waals surface area contributed by atoms with Crippen molar-refractivity contribution in [2.45, 2.75) is 6.92 Å². The van der Waals surface area contributed by atoms with E-state index in [0.717, 1.165) is 19.9 Å². The molecule has 0 radical (unpaired) electrons. The molecule has 0 saturated heterocycles. The maximum Gasteiger partial charge on any atom is 0.133 e. The topological polar surface area (TPSA) is 9.23 Å². The first-order chi connectivity index (χ1) is 5.15. The molecule has 3 heteroatoms. The minimum absolute atomic E-state index is 0.752. The van der Waals surface area contributed by atoms with Gasteiger partial charge in [0.2, 0.25) is 0 Å². The third kappa shape index (κ3) is 1.99. The molecule has 0 aliphatic carbocycles. The summed E-state index contributed by atoms with van der Waals surface area (Å²) in [6, 6.07) is 3.83. The Morgan fingerprint density at radius 1 is 1.45 bits per heavy atom. The largest absolute Gasteiger partial charge is 0.496 e. The Morgan fingerprint density at radius 3 is 2.64 bits per heavy atom. The van der Waals surface area contributed by atoms with E-state index in [9.17, 15) is 0 Å². The van der Waals surface area contributed by atoms with E-state index in [0.29, 0.717) is 0 Å². The minimum atomic E-state index is 0.752. The van der Waals surface area contributed by atoms with Crippen molar-refractivity contribution in [1.82, 2.24) is 0 Å². The van der Waals surface area contributed by atoms with Crippen LogP contribution in [0.1, 0.15) is 5.56 Å². The first-order valence-electron chi connectivity index (χ1n) is 3.15. The number of hydrogen-bond donors (Lipinski definition) is 0. The summed E-state index contributed by atoms with van der Waals surface area (Å²) < 4.78 is 6.18. The van der Waals surface area contributed by atoms with E-state index >= 15 is 0 Å². The SMILES string of the molecule is COc1cc(Cl)c(C)cc1I. The van der Waals surface area contributed by atoms with Crippen LogP contribution in [0.3, 0.4) is 0 Å². The van der Waals surface area contributed by atoms with Gasteiger partial charge in [-0.05, 0) is 41.1 Å². The zero-order valence-electron chi connectivity index (χ0n) is 6.32. The maximum absolute atomic E-state index is 5.88. The van der Waals surface area contributed by atoms with Crippen LogP contribution in [0.25, 0.3) is 0 Å². The molecule has 0 saturated carbocycles. The van der Waals surface area contributed by atoms with Crippen molar-refractivity contribution >= 4 is 34.2 Å². The normalized spacial score (nSPS) is 9.82. The summed E-state index contributed by atoms with van der Waals surface area (Å²) in [5.74, 6) is 0.834. The van der Waals surface area contributed by atoms with Gasteiger partial charge in [0.25, 0.3) is 0 Å². The number of methoxy groups -OCH3 is 1. The van der Waals surface area contributed by atoms with E-state index < -0.39 is 0 Å². The molecule has 1 nitrogen and oxygen atoms in total. The Kier molecular flexibility index (Phi) is 3.01. The second-order valence-electron chi connectivity index (χ2n) is 2.24. The number of ether oxygens (including phenoxy) is 1. The molecular weight excluding hydrogens is 274 g/mol. The van der Waals surface area contributed by atoms with Crippen LogP contribution in [0.15, 0.2) is 12.1 Å². The number of aryl methyl sites for hydroxylation is 1. The van der Waals surface area contributed by atoms with Crippen LogP contribution in [-0.2, 0) is 0 Å². The quantitative estimate of drug-likeness (QED) is 0.718. The summed E-state index contributed by atoms with van der Waals surface area (Å²) in [5, 5.41) is 0.752. The van der Waals surface area contributed by atoms with Gasteiger partial charge in [-0.25, -0.2) is 0 Å². The number of benzene rings is 1. The van der Waals surface area contributed by atoms with E-state index in [2.05, 4.69) is 22.6 Å². The van der Waals surface area contributed by atoms with E-state index in [4.69, 9.17) is 16.3 Å². The van der Waals surface area contributed by atoms with Gasteiger partial charge >= 0.3 is 0 Å². The van der Waals surface area contributed by atoms with Crippen molar-refractivity contribution in [3.05, 3.63) is 26.3 Å². The minimum Gasteiger partial charge on any atom is -0.496 e. The van der Waals surface area contributed by atoms with Gasteiger partial charge in [0.05, 0.1) is 10.7 Å². The second kappa shape index (κ2) is 3.63. The predicted molar refractivity (Wildman–Crippen MR) is 55.5 cm³/mol. The summed E-state index contributed by atoms with van der Waals surface area (Å²) >= 11 is 8.10. The van der Waals surface area contributed by atoms with Gasteiger partial charge in [0.15, 0.2) is 0 Å². The first-order valence-corrected chi connectivity index (χ1v) is 4.60. The van der Waals surface area contributed by atoms with Crippen molar-refractivity contribution in [3.63, 3.8) is 0 Å². The standard InChI is InChI=1S/C8H8ClIO/c1-5-3-7(10)8(11-2)4-6(5)9/h3-4H,1-2H3. The van der Waals surface area contributed by atoms with Crippen molar-refractivity contribution in [2.24, 2.45) is 0 Å². The molecule has 0 N–H and O–H groups in total. The molecule has 0 unspecified atom stereocenters. The highest BCUT2D eigenvalue weighted by molar-refractivity contribution is 14.1. The van der Waals surface area contributed by atoms with E-state index in [1.54, 1.807) is 7.11 Å². The summed E-state index contributed by atoms with van der Waals surface area (Å²) in [4.78, 5) is 0. The summed E-state index contributed by atoms with van der Waals surface area (Å²) in [6.07, 6.45) is 0. The zero-order chi connectivity index (χ0) is 8.43. The van der Waals surface area contributed by atoms with Gasteiger partial charge < -0.3 is 4.74 Å². The second-order valence-corrected chi connectivity index (χ2v) is 3.81. The molecule has 11 heavy (non-hydrogen) atoms. The molecule has 1 aromatic rings. The lowest BCUT2D eigenvalue weighted by atomic mass is 10.2. The predicted octanol–water partition coefficient (Wildman–Crippen LogP) is 3.26. The fraction of sp³-hybridized carbons (Fsp3) is 0.250. The fourth-order valence-corrected chi connectivity index (χ4v) is 1.78. The molecule has 60 valence electrons. The van der Waals surface area contributed by atoms with E-state index in [1.165, 1.54) is 0 Å². The van der Waals surface area contributed by atoms with Crippen molar-refractivity contribution in [2.75, 3.05) is 7.11 Å². The Labute approximate surface area is 84.8 Å². The fourth-order valence-electron chi connectivity index (χ4n) is 0.784. The van der Waals surface area contributed by atoms with Gasteiger partial charge in [-0.3, -0.25) is 0 Å². The molecule has 0 spiro atoms. The molecule has 0 bridgehead atoms. The molecule has 0 atom stereocenters. The molecule has 1 aromatic carbocycles. The number of rotatable bonds is 1. The first kappa shape index (κ1) is 9.13. The van der Waals surface area contributed by atoms with Crippen molar-refractivity contribution < 1.29 is 4.74 Å². The third-order valence-corrected chi connectivity index (χ3v) is 2.68. The Morgan fingerprint density at radius 2 is 2.09 bits per heavy atom. The van der Waals surface area contributed by atoms with Crippen LogP contribution in [0.5, 0.6) is 5.75 Å². The van der Waals surface area contributed by atoms with Crippen LogP contribution >= 0.6 is 34.2 Å². The monoisotopic (exact) mass is 282 g/mol. The summed E-state index contributed by atoms with van der Waals surface area (Å²) in [5.41, 5.74) is 1.08. The van der Waals surface area contributed by atoms with Crippen LogP contribution < -0.4 is 4.74 Å². The van der Waals surface area contributed by atoms with Gasteiger partial charge in [0.1, 0.15) is 5.75 Å². The Hall–Kier alpha value is 0.0400. The molecule has 0 fully saturated rings. The molecular formula is C8H8ClIO. The van der Waals surface area contributed by atoms with Crippen LogP contribution in [0.4, 0.5) is 0 Å². The van der Waals surface area contributed by atoms with Crippen molar-refractivity contribution in [3.8, 4) is 5.75 Å². The zero-order valence-corrected chi connectivity index (χ0v) is 9.23. The average Bonchev–Trinajstić information content (AvgIpc) is 1.97. The highest BCUT2D eigenvalue weighted by Crippen LogP contribution is 2.27. The number of halogens is 2. The smallest absolute Gasteiger partial charge is 0.133 e. The van der Waals surface area contributed by atoms with Crippen LogP contribution in [-0.4, -0.2) is 7.11 Å². The lowest BCUT2D eigenvalue weighted by Gasteiger charge is -2.04. The lowest BCUT2D eigenvalue weighted by molar-refractivity contribution is 0.411. The van der Waals surface area contributed by atoms with Gasteiger partial charge in [-0.1, -0.05) is 11.6 Å². The summed E-state index contributed by atoms with van der Waals surface area (Å²) in [6.45, 7) is 1.98. The van der Waals surface area contributed by atoms with Gasteiger partial charge in [-0.2, -0.15) is 0 Å². The van der Waals surface area contributed by atoms with Crippen LogP contribution in [0, 0.1) is 10.5 Å². The molecule has 0 aliphatic heterocycles. The molecule has 0 amide bonds. The molecule has 1 rings (SSSR count).